The van der Waals surface area contributed by atoms with Crippen LogP contribution in [0.15, 0.2) is 122 Å². The fourth-order valence-corrected chi connectivity index (χ4v) is 20.5. The van der Waals surface area contributed by atoms with E-state index in [-0.39, 0.29) is 131 Å². The van der Waals surface area contributed by atoms with Gasteiger partial charge < -0.3 is 96.1 Å². The average Bonchev–Trinajstić information content (AvgIpc) is 0.711. The van der Waals surface area contributed by atoms with Gasteiger partial charge in [0.05, 0.1) is 199 Å². The third-order valence-electron chi connectivity index (χ3n) is 25.2. The zero-order valence-electron chi connectivity index (χ0n) is 83.0. The minimum absolute atomic E-state index is 0.00750. The van der Waals surface area contributed by atoms with Crippen molar-refractivity contribution in [1.29, 1.82) is 0 Å². The second kappa shape index (κ2) is 57.8. The van der Waals surface area contributed by atoms with Crippen LogP contribution in [0.5, 0.6) is 0 Å². The summed E-state index contributed by atoms with van der Waals surface area (Å²) in [4.78, 5) is 128. The van der Waals surface area contributed by atoms with Gasteiger partial charge in [-0.2, -0.15) is 0 Å². The number of Topliss-reactive ketones (excluding diaryl/α,β-unsaturated/α-hetero) is 1. The summed E-state index contributed by atoms with van der Waals surface area (Å²) in [5.74, 6) is -8.87. The first-order valence-electron chi connectivity index (χ1n) is 48.0. The third-order valence-corrected chi connectivity index (χ3v) is 29.5. The van der Waals surface area contributed by atoms with E-state index in [1.54, 1.807) is 89.8 Å². The van der Waals surface area contributed by atoms with Gasteiger partial charge in [-0.1, -0.05) is 0 Å². The fourth-order valence-electron chi connectivity index (χ4n) is 18.2. The third kappa shape index (κ3) is 30.5. The van der Waals surface area contributed by atoms with Crippen LogP contribution in [0, 0.1) is 57.9 Å². The molecule has 150 heavy (non-hydrogen) atoms. The highest BCUT2D eigenvalue weighted by atomic mass is 79.9. The Morgan fingerprint density at radius 1 is 0.373 bits per heavy atom. The van der Waals surface area contributed by atoms with E-state index in [1.807, 2.05) is 19.6 Å². The number of aldehydes is 2. The number of alkyl halides is 2. The number of nitrogens with zero attached hydrogens (tertiary/aromatic N) is 6. The van der Waals surface area contributed by atoms with Gasteiger partial charge in [-0.3, -0.25) is 38.4 Å². The van der Waals surface area contributed by atoms with Gasteiger partial charge in [0.2, 0.25) is 5.67 Å². The number of aliphatic hydroxyl groups is 1. The number of benzene rings is 7. The molecule has 10 aliphatic heterocycles. The summed E-state index contributed by atoms with van der Waals surface area (Å²) < 4.78 is 207. The summed E-state index contributed by atoms with van der Waals surface area (Å²) in [7, 11) is 0. The van der Waals surface area contributed by atoms with E-state index in [1.165, 1.54) is 49.4 Å². The molecule has 47 heteroatoms. The molecule has 7 aromatic rings. The second-order valence-corrected chi connectivity index (χ2v) is 40.5. The predicted octanol–water partition coefficient (Wildman–Crippen LogP) is 17.9. The van der Waals surface area contributed by atoms with Crippen molar-refractivity contribution in [2.75, 3.05) is 214 Å². The van der Waals surface area contributed by atoms with Gasteiger partial charge in [-0.05, 0) is 287 Å². The predicted molar refractivity (Wildman–Crippen MR) is 559 cm³/mol. The molecule has 6 fully saturated rings. The molecule has 6 saturated heterocycles. The van der Waals surface area contributed by atoms with Gasteiger partial charge in [0.15, 0.2) is 29.4 Å². The van der Waals surface area contributed by atoms with Gasteiger partial charge in [-0.25, -0.2) is 53.5 Å². The zero-order chi connectivity index (χ0) is 110. The number of aliphatic hydroxyl groups excluding tert-OH is 1. The standard InChI is InChI=1S/C18H21BrFNO5.C17H19BrFNO4.C15H16BrF2NO3.C15H17BrFNO3.C13H14BrF2NO2.C11H11BrFNO2.C7H3BrF2O.C7H12O4/c1-3-25-16(22)18(17(23)26-4-2)9-11-7-13(20)12(19)8-14(11)21-5-6-24-10-15(18)21;1-3-24-17(22)13(11(2)21)8-12-9-15(19)14(18)10-16(12)20-4-6-23-7-5-20;1-2-22-14(20)15(18)7-9-5-11(17)10(16)6-12(9)19-3-4-21-8-13(15)19;1-2-21-15(19)10-5-9-6-12(17)11(16)7-13(9)18-3-4-20-8-14(10)18;14-9-4-11-8(3-10(9)15)5-13(16,7-18)12-6-19-2-1-17(11)12;12-9-6-11(8(7-15)5-10(9)13)14-1-3-16-4-2-14;8-5-2-6(9)4(3-11)1-7(5)10;1-3-10-6(8)5-7(9)11-4-2/h7-8,15H,3-6,9-10H2,1-2H3;8-10H,3-7H2,1-2H3;5-6,13H,2-4,7-8H2,1H3;6-7,10,14H,2-5,8H2,1H3;3-4,12,18H,1-2,5-7H2;5-7H,1-4H2;1-3H;3-5H2,1-2H3/b;13-8-;;;;;;. The Morgan fingerprint density at radius 2 is 0.720 bits per heavy atom. The first-order chi connectivity index (χ1) is 71.6. The van der Waals surface area contributed by atoms with Crippen LogP contribution in [-0.2, 0) is 126 Å². The maximum absolute atomic E-state index is 15.5. The summed E-state index contributed by atoms with van der Waals surface area (Å²) in [5.41, 5.74) is 2.16. The lowest BCUT2D eigenvalue weighted by Crippen LogP contribution is -2.65. The highest BCUT2D eigenvalue weighted by Crippen LogP contribution is 2.49. The lowest BCUT2D eigenvalue weighted by Gasteiger charge is -2.50. The molecule has 17 rings (SSSR count). The molecule has 818 valence electrons. The lowest BCUT2D eigenvalue weighted by atomic mass is 9.70. The first-order valence-corrected chi connectivity index (χ1v) is 53.5. The topological polar surface area (TPSA) is 330 Å². The van der Waals surface area contributed by atoms with Gasteiger partial charge >= 0.3 is 41.8 Å². The molecule has 10 heterocycles. The van der Waals surface area contributed by atoms with E-state index in [4.69, 9.17) is 52.1 Å². The second-order valence-electron chi connectivity index (χ2n) is 34.5. The Morgan fingerprint density at radius 3 is 1.16 bits per heavy atom. The van der Waals surface area contributed by atoms with Gasteiger partial charge in [0.1, 0.15) is 58.5 Å². The number of rotatable bonds is 21. The molecule has 7 aromatic carbocycles. The van der Waals surface area contributed by atoms with E-state index in [2.05, 4.69) is 126 Å². The normalized spacial score (nSPS) is 20.3. The van der Waals surface area contributed by atoms with Crippen molar-refractivity contribution < 1.29 is 159 Å². The number of fused-ring (bicyclic) bond motifs is 12. The summed E-state index contributed by atoms with van der Waals surface area (Å²) in [5, 5.41) is 9.38. The summed E-state index contributed by atoms with van der Waals surface area (Å²) in [6.45, 7) is 24.3. The zero-order valence-corrected chi connectivity index (χ0v) is 94.1. The number of halogens is 17. The number of hydrogen-bond donors (Lipinski definition) is 1. The van der Waals surface area contributed by atoms with E-state index < -0.39 is 124 Å². The molecular weight excluding hydrogens is 2450 g/mol. The van der Waals surface area contributed by atoms with Crippen molar-refractivity contribution in [3.05, 3.63) is 207 Å². The Balaban J connectivity index is 0.000000178. The number of anilines is 6. The van der Waals surface area contributed by atoms with Crippen LogP contribution in [0.1, 0.15) is 110 Å². The van der Waals surface area contributed by atoms with E-state index >= 15 is 4.39 Å². The van der Waals surface area contributed by atoms with Crippen LogP contribution in [0.25, 0.3) is 6.08 Å². The number of carbonyl (C=O) groups is 10. The quantitative estimate of drug-likeness (QED) is 0.0102. The Labute approximate surface area is 919 Å². The number of ether oxygens (including phenoxy) is 13. The molecular formula is C103H113Br7F10N6O24. The number of esters is 7. The molecule has 0 saturated carbocycles. The van der Waals surface area contributed by atoms with Gasteiger partial charge in [0, 0.05) is 117 Å². The molecule has 0 aliphatic carbocycles. The van der Waals surface area contributed by atoms with Crippen molar-refractivity contribution >= 4 is 212 Å². The lowest BCUT2D eigenvalue weighted by molar-refractivity contribution is -0.177. The van der Waals surface area contributed by atoms with Crippen molar-refractivity contribution in [3.8, 4) is 0 Å². The van der Waals surface area contributed by atoms with Gasteiger partial charge in [-0.15, -0.1) is 0 Å². The molecule has 0 spiro atoms. The molecule has 7 unspecified atom stereocenters. The Hall–Kier alpha value is -9.24. The fraction of sp³-hybridized carbons (Fsp3) is 0.476. The minimum Gasteiger partial charge on any atom is -0.466 e. The van der Waals surface area contributed by atoms with Crippen molar-refractivity contribution in [2.24, 2.45) is 11.3 Å². The van der Waals surface area contributed by atoms with Crippen LogP contribution in [0.3, 0.4) is 0 Å². The average molecular weight is 2570 g/mol. The molecule has 7 atom stereocenters. The number of carbonyl (C=O) groups excluding carboxylic acids is 10. The highest BCUT2D eigenvalue weighted by molar-refractivity contribution is 9.11. The maximum atomic E-state index is 15.5. The molecule has 0 aromatic heterocycles. The molecule has 1 N–H and O–H groups in total. The van der Waals surface area contributed by atoms with E-state index in [0.717, 1.165) is 64.9 Å². The molecule has 0 radical (unpaired) electrons. The van der Waals surface area contributed by atoms with Crippen molar-refractivity contribution in [3.63, 3.8) is 0 Å². The van der Waals surface area contributed by atoms with E-state index in [0.29, 0.717) is 173 Å². The van der Waals surface area contributed by atoms with Crippen LogP contribution in [0.4, 0.5) is 78.0 Å². The smallest absolute Gasteiger partial charge is 0.346 e. The largest absolute Gasteiger partial charge is 0.466 e. The molecule has 30 nitrogen and oxygen atoms in total. The summed E-state index contributed by atoms with van der Waals surface area (Å²) in [6, 6.07) is 18.0. The van der Waals surface area contributed by atoms with Crippen LogP contribution >= 0.6 is 112 Å². The summed E-state index contributed by atoms with van der Waals surface area (Å²) >= 11 is 21.9. The van der Waals surface area contributed by atoms with E-state index in [9.17, 15) is 92.6 Å². The molecule has 0 amide bonds. The number of ketones is 1. The Bertz CT molecular complexity index is 5970. The van der Waals surface area contributed by atoms with Crippen LogP contribution in [0.2, 0.25) is 0 Å². The van der Waals surface area contributed by atoms with Crippen LogP contribution in [-0.4, -0.2) is 285 Å². The van der Waals surface area contributed by atoms with Gasteiger partial charge in [0.25, 0.3) is 0 Å². The van der Waals surface area contributed by atoms with Crippen molar-refractivity contribution in [1.82, 2.24) is 0 Å². The van der Waals surface area contributed by atoms with Crippen LogP contribution < -0.4 is 29.4 Å². The Kier molecular flexibility index (Phi) is 47.2. The minimum atomic E-state index is -2.23. The maximum Gasteiger partial charge on any atom is 0.346 e. The first kappa shape index (κ1) is 123. The SMILES string of the molecule is CCOC(=O)/C(=C\c1cc(F)c(Br)cc1N1CCOCC1)C(C)=O.CCOC(=O)C1(C(=O)OCC)Cc2cc(F)c(Br)cc2N2CCOCC21.CCOC(=O)C1(F)Cc2cc(F)c(Br)cc2N2CCOCC21.CCOC(=O)C1Cc2cc(F)c(Br)cc2N2CCOCC12.CCOC(=O)CC(=O)OCC.O=Cc1cc(F)c(Br)cc1F.O=Cc1cc(F)c(Br)cc1N1CCOCC1.OCC1(F)Cc2cc(F)c(Br)cc2N2CCOCC21. The highest BCUT2D eigenvalue weighted by Gasteiger charge is 2.61. The monoisotopic (exact) mass is 2560 g/mol. The molecule has 0 bridgehead atoms. The molecule has 10 aliphatic rings. The number of hydrogen-bond acceptors (Lipinski definition) is 30. The van der Waals surface area contributed by atoms with Crippen molar-refractivity contribution in [2.45, 2.75) is 123 Å². The number of morpholine rings is 6. The summed E-state index contributed by atoms with van der Waals surface area (Å²) in [6.07, 6.45) is 2.34.